The fourth-order valence-electron chi connectivity index (χ4n) is 3.96. The Morgan fingerprint density at radius 3 is 2.40 bits per heavy atom. The summed E-state index contributed by atoms with van der Waals surface area (Å²) in [7, 11) is 3.03. The molecule has 9 heteroatoms. The largest absolute Gasteiger partial charge is 0.378 e. The topological polar surface area (TPSA) is 91.4 Å². The maximum absolute atomic E-state index is 13.4. The molecule has 0 saturated carbocycles. The molecule has 0 aliphatic carbocycles. The van der Waals surface area contributed by atoms with E-state index in [0.29, 0.717) is 44.2 Å². The van der Waals surface area contributed by atoms with E-state index < -0.39 is 17.3 Å². The zero-order valence-electron chi connectivity index (χ0n) is 17.4. The summed E-state index contributed by atoms with van der Waals surface area (Å²) in [6.45, 7) is 4.15. The Hall–Kier alpha value is -3.20. The van der Waals surface area contributed by atoms with Crippen LogP contribution < -0.4 is 16.1 Å². The number of aryl methyl sites for hydroxylation is 1. The van der Waals surface area contributed by atoms with Gasteiger partial charge in [-0.05, 0) is 6.42 Å². The Morgan fingerprint density at radius 2 is 1.77 bits per heavy atom. The van der Waals surface area contributed by atoms with Crippen molar-refractivity contribution in [3.8, 4) is 0 Å². The van der Waals surface area contributed by atoms with E-state index in [0.717, 1.165) is 4.57 Å². The van der Waals surface area contributed by atoms with Crippen molar-refractivity contribution < 1.29 is 9.53 Å². The van der Waals surface area contributed by atoms with Gasteiger partial charge in [-0.15, -0.1) is 0 Å². The van der Waals surface area contributed by atoms with Crippen molar-refractivity contribution in [3.63, 3.8) is 0 Å². The number of hydrogen-bond donors (Lipinski definition) is 0. The molecular formula is C21H25N5O4. The second-order valence-corrected chi connectivity index (χ2v) is 7.41. The predicted molar refractivity (Wildman–Crippen MR) is 113 cm³/mol. The smallest absolute Gasteiger partial charge is 0.332 e. The molecule has 1 saturated heterocycles. The number of rotatable bonds is 5. The number of fused-ring (bicyclic) bond motifs is 1. The molecule has 1 aliphatic rings. The van der Waals surface area contributed by atoms with E-state index in [1.54, 1.807) is 23.7 Å². The quantitative estimate of drug-likeness (QED) is 0.584. The molecule has 30 heavy (non-hydrogen) atoms. The molecule has 2 aromatic heterocycles. The predicted octanol–water partition coefficient (Wildman–Crippen LogP) is 1.10. The summed E-state index contributed by atoms with van der Waals surface area (Å²) in [6, 6.07) is 8.41. The van der Waals surface area contributed by atoms with Crippen molar-refractivity contribution in [2.45, 2.75) is 19.4 Å². The van der Waals surface area contributed by atoms with Gasteiger partial charge in [0.1, 0.15) is 6.04 Å². The van der Waals surface area contributed by atoms with Gasteiger partial charge in [-0.3, -0.25) is 23.3 Å². The molecule has 0 radical (unpaired) electrons. The molecule has 1 fully saturated rings. The lowest BCUT2D eigenvalue weighted by molar-refractivity contribution is 0.0923. The minimum absolute atomic E-state index is 0.0946. The summed E-state index contributed by atoms with van der Waals surface area (Å²) < 4.78 is 9.59. The summed E-state index contributed by atoms with van der Waals surface area (Å²) >= 11 is 0. The Labute approximate surface area is 173 Å². The van der Waals surface area contributed by atoms with Gasteiger partial charge >= 0.3 is 5.69 Å². The Morgan fingerprint density at radius 1 is 1.10 bits per heavy atom. The van der Waals surface area contributed by atoms with Crippen molar-refractivity contribution in [3.05, 3.63) is 56.7 Å². The number of ether oxygens (including phenoxy) is 1. The molecule has 0 bridgehead atoms. The van der Waals surface area contributed by atoms with Gasteiger partial charge in [-0.25, -0.2) is 4.79 Å². The first-order chi connectivity index (χ1) is 14.5. The molecule has 3 heterocycles. The van der Waals surface area contributed by atoms with Gasteiger partial charge in [0.2, 0.25) is 5.95 Å². The number of anilines is 1. The first kappa shape index (κ1) is 20.1. The molecule has 1 aliphatic heterocycles. The first-order valence-electron chi connectivity index (χ1n) is 10.1. The minimum atomic E-state index is -0.625. The molecule has 158 valence electrons. The lowest BCUT2D eigenvalue weighted by Gasteiger charge is -2.30. The van der Waals surface area contributed by atoms with Crippen molar-refractivity contribution in [2.24, 2.45) is 14.1 Å². The Bertz CT molecular complexity index is 1200. The Kier molecular flexibility index (Phi) is 5.29. The van der Waals surface area contributed by atoms with E-state index >= 15 is 0 Å². The zero-order valence-corrected chi connectivity index (χ0v) is 17.4. The van der Waals surface area contributed by atoms with Gasteiger partial charge in [0.25, 0.3) is 5.56 Å². The number of nitrogens with zero attached hydrogens (tertiary/aromatic N) is 5. The average molecular weight is 411 g/mol. The normalized spacial score (nSPS) is 15.5. The third kappa shape index (κ3) is 3.15. The van der Waals surface area contributed by atoms with Gasteiger partial charge < -0.3 is 9.64 Å². The van der Waals surface area contributed by atoms with E-state index in [-0.39, 0.29) is 16.9 Å². The highest BCUT2D eigenvalue weighted by atomic mass is 16.5. The van der Waals surface area contributed by atoms with Gasteiger partial charge in [0.05, 0.1) is 13.2 Å². The van der Waals surface area contributed by atoms with Crippen LogP contribution in [-0.2, 0) is 18.8 Å². The van der Waals surface area contributed by atoms with E-state index in [4.69, 9.17) is 4.74 Å². The highest BCUT2D eigenvalue weighted by Gasteiger charge is 2.31. The van der Waals surface area contributed by atoms with Crippen molar-refractivity contribution >= 4 is 22.9 Å². The molecule has 3 aromatic rings. The number of morpholine rings is 1. The third-order valence-corrected chi connectivity index (χ3v) is 5.63. The SMILES string of the molecule is CCC(C(=O)c1ccccc1)n1c(N2CCOCC2)nc2c1c(=O)n(C)c(=O)n2C. The molecule has 0 spiro atoms. The second-order valence-electron chi connectivity index (χ2n) is 7.41. The van der Waals surface area contributed by atoms with Gasteiger partial charge in [-0.2, -0.15) is 4.98 Å². The van der Waals surface area contributed by atoms with Crippen molar-refractivity contribution in [2.75, 3.05) is 31.2 Å². The molecule has 0 N–H and O–H groups in total. The van der Waals surface area contributed by atoms with Crippen LogP contribution in [0.2, 0.25) is 0 Å². The van der Waals surface area contributed by atoms with E-state index in [2.05, 4.69) is 4.98 Å². The van der Waals surface area contributed by atoms with Crippen molar-refractivity contribution in [1.82, 2.24) is 18.7 Å². The number of aromatic nitrogens is 4. The van der Waals surface area contributed by atoms with Crippen LogP contribution in [0.15, 0.2) is 39.9 Å². The van der Waals surface area contributed by atoms with Gasteiger partial charge in [0, 0.05) is 32.7 Å². The maximum atomic E-state index is 13.4. The van der Waals surface area contributed by atoms with Gasteiger partial charge in [-0.1, -0.05) is 37.3 Å². The summed E-state index contributed by atoms with van der Waals surface area (Å²) in [5.74, 6) is 0.422. The molecule has 1 aromatic carbocycles. The minimum Gasteiger partial charge on any atom is -0.378 e. The van der Waals surface area contributed by atoms with E-state index in [1.165, 1.54) is 11.6 Å². The van der Waals surface area contributed by atoms with Crippen LogP contribution in [0.4, 0.5) is 5.95 Å². The molecule has 1 unspecified atom stereocenters. The fraction of sp³-hybridized carbons (Fsp3) is 0.429. The number of Topliss-reactive ketones (excluding diaryl/α,β-unsaturated/α-hetero) is 1. The maximum Gasteiger partial charge on any atom is 0.332 e. The number of imidazole rings is 1. The lowest BCUT2D eigenvalue weighted by Crippen LogP contribution is -2.40. The summed E-state index contributed by atoms with van der Waals surface area (Å²) in [5, 5.41) is 0. The monoisotopic (exact) mass is 411 g/mol. The zero-order chi connectivity index (χ0) is 21.4. The van der Waals surface area contributed by atoms with E-state index in [1.807, 2.05) is 30.0 Å². The molecule has 9 nitrogen and oxygen atoms in total. The standard InChI is InChI=1S/C21H25N5O4/c1-4-15(17(27)14-8-6-5-7-9-14)26-16-18(23(2)21(29)24(3)19(16)28)22-20(26)25-10-12-30-13-11-25/h5-9,15H,4,10-13H2,1-3H3. The van der Waals surface area contributed by atoms with Crippen LogP contribution in [0, 0.1) is 0 Å². The Balaban J connectivity index is 2.01. The first-order valence-corrected chi connectivity index (χ1v) is 10.1. The summed E-state index contributed by atoms with van der Waals surface area (Å²) in [4.78, 5) is 45.7. The molecule has 0 amide bonds. The van der Waals surface area contributed by atoms with Crippen LogP contribution in [-0.4, -0.2) is 50.8 Å². The van der Waals surface area contributed by atoms with E-state index in [9.17, 15) is 14.4 Å². The summed E-state index contributed by atoms with van der Waals surface area (Å²) in [5.41, 5.74) is 0.203. The highest BCUT2D eigenvalue weighted by molar-refractivity contribution is 6.00. The second kappa shape index (κ2) is 7.91. The molecule has 1 atom stereocenters. The number of carbonyl (C=O) groups is 1. The number of ketones is 1. The number of carbonyl (C=O) groups excluding carboxylic acids is 1. The van der Waals surface area contributed by atoms with Crippen LogP contribution in [0.5, 0.6) is 0 Å². The van der Waals surface area contributed by atoms with Crippen LogP contribution in [0.1, 0.15) is 29.7 Å². The van der Waals surface area contributed by atoms with Crippen molar-refractivity contribution in [1.29, 1.82) is 0 Å². The van der Waals surface area contributed by atoms with Gasteiger partial charge in [0.15, 0.2) is 16.9 Å². The average Bonchev–Trinajstić information content (AvgIpc) is 3.18. The van der Waals surface area contributed by atoms with Crippen LogP contribution >= 0.6 is 0 Å². The number of benzene rings is 1. The molecular weight excluding hydrogens is 386 g/mol. The summed E-state index contributed by atoms with van der Waals surface area (Å²) in [6.07, 6.45) is 0.475. The van der Waals surface area contributed by atoms with Crippen LogP contribution in [0.25, 0.3) is 11.2 Å². The van der Waals surface area contributed by atoms with Crippen LogP contribution in [0.3, 0.4) is 0 Å². The molecule has 4 rings (SSSR count). The number of hydrogen-bond acceptors (Lipinski definition) is 6. The fourth-order valence-corrected chi connectivity index (χ4v) is 3.96. The highest BCUT2D eigenvalue weighted by Crippen LogP contribution is 2.29. The third-order valence-electron chi connectivity index (χ3n) is 5.63. The lowest BCUT2D eigenvalue weighted by atomic mass is 10.0.